The number of hydrogen-bond acceptors (Lipinski definition) is 3. The zero-order valence-electron chi connectivity index (χ0n) is 10.2. The number of nitrogens with two attached hydrogens (primary N) is 1. The van der Waals surface area contributed by atoms with E-state index in [2.05, 4.69) is 22.6 Å². The second-order valence-electron chi connectivity index (χ2n) is 4.64. The van der Waals surface area contributed by atoms with Crippen molar-refractivity contribution < 1.29 is 0 Å². The number of hydrogen-bond donors (Lipinski definition) is 2. The molecular formula is C14H21N3. The maximum Gasteiger partial charge on any atom is 0.0422 e. The van der Waals surface area contributed by atoms with Crippen LogP contribution in [0.4, 0.5) is 0 Å². The van der Waals surface area contributed by atoms with Gasteiger partial charge in [-0.1, -0.05) is 17.7 Å². The van der Waals surface area contributed by atoms with Gasteiger partial charge in [0.2, 0.25) is 0 Å². The summed E-state index contributed by atoms with van der Waals surface area (Å²) in [5.74, 6) is 5.66. The van der Waals surface area contributed by atoms with Crippen LogP contribution in [0.2, 0.25) is 0 Å². The molecule has 1 aromatic rings. The molecule has 3 nitrogen and oxygen atoms in total. The van der Waals surface area contributed by atoms with Crippen molar-refractivity contribution in [3.05, 3.63) is 41.7 Å². The van der Waals surface area contributed by atoms with E-state index in [-0.39, 0.29) is 0 Å². The van der Waals surface area contributed by atoms with Gasteiger partial charge in [-0.15, -0.1) is 0 Å². The summed E-state index contributed by atoms with van der Waals surface area (Å²) in [5, 5.41) is 0. The number of hydrazine groups is 1. The number of nitrogens with zero attached hydrogens (tertiary/aromatic N) is 1. The van der Waals surface area contributed by atoms with Crippen molar-refractivity contribution in [2.24, 2.45) is 5.84 Å². The fraction of sp³-hybridized carbons (Fsp3) is 0.500. The Kier molecular flexibility index (Phi) is 4.71. The molecular weight excluding hydrogens is 210 g/mol. The van der Waals surface area contributed by atoms with Crippen LogP contribution in [-0.2, 0) is 6.42 Å². The van der Waals surface area contributed by atoms with Crippen LogP contribution in [0.3, 0.4) is 0 Å². The first-order valence-electron chi connectivity index (χ1n) is 6.44. The van der Waals surface area contributed by atoms with Crippen molar-refractivity contribution in [2.75, 3.05) is 0 Å². The van der Waals surface area contributed by atoms with Gasteiger partial charge in [0, 0.05) is 18.4 Å². The molecule has 0 radical (unpaired) electrons. The molecule has 0 aromatic carbocycles. The minimum atomic E-state index is 0.329. The lowest BCUT2D eigenvalue weighted by Gasteiger charge is -2.22. The summed E-state index contributed by atoms with van der Waals surface area (Å²) in [6.07, 6.45) is 13.2. The molecule has 0 fully saturated rings. The standard InChI is InChI=1S/C14H21N3/c15-17-14(13-6-2-1-3-7-13)9-8-12-5-4-10-16-11-12/h4-6,10-11,14,17H,1-3,7-9,15H2. The van der Waals surface area contributed by atoms with Gasteiger partial charge < -0.3 is 0 Å². The first kappa shape index (κ1) is 12.3. The van der Waals surface area contributed by atoms with E-state index < -0.39 is 0 Å². The van der Waals surface area contributed by atoms with Gasteiger partial charge in [0.05, 0.1) is 0 Å². The Labute approximate surface area is 103 Å². The number of aromatic nitrogens is 1. The molecule has 0 amide bonds. The highest BCUT2D eigenvalue weighted by molar-refractivity contribution is 5.15. The van der Waals surface area contributed by atoms with E-state index in [1.165, 1.54) is 36.8 Å². The highest BCUT2D eigenvalue weighted by Gasteiger charge is 2.14. The van der Waals surface area contributed by atoms with E-state index in [0.717, 1.165) is 12.8 Å². The second kappa shape index (κ2) is 6.52. The third kappa shape index (κ3) is 3.65. The van der Waals surface area contributed by atoms with Gasteiger partial charge in [0.1, 0.15) is 0 Å². The van der Waals surface area contributed by atoms with Gasteiger partial charge in [0.15, 0.2) is 0 Å². The molecule has 0 spiro atoms. The van der Waals surface area contributed by atoms with E-state index in [9.17, 15) is 0 Å². The molecule has 1 heterocycles. The number of nitrogens with one attached hydrogen (secondary N) is 1. The maximum atomic E-state index is 5.66. The van der Waals surface area contributed by atoms with Gasteiger partial charge in [-0.25, -0.2) is 0 Å². The Morgan fingerprint density at radius 1 is 1.41 bits per heavy atom. The van der Waals surface area contributed by atoms with Crippen molar-refractivity contribution in [1.29, 1.82) is 0 Å². The van der Waals surface area contributed by atoms with E-state index in [1.54, 1.807) is 0 Å². The van der Waals surface area contributed by atoms with Crippen molar-refractivity contribution in [3.8, 4) is 0 Å². The zero-order chi connectivity index (χ0) is 11.9. The highest BCUT2D eigenvalue weighted by atomic mass is 15.2. The summed E-state index contributed by atoms with van der Waals surface area (Å²) in [6.45, 7) is 0. The SMILES string of the molecule is NNC(CCc1cccnc1)C1=CCCCC1. The number of rotatable bonds is 5. The highest BCUT2D eigenvalue weighted by Crippen LogP contribution is 2.22. The lowest BCUT2D eigenvalue weighted by Crippen LogP contribution is -2.37. The summed E-state index contributed by atoms with van der Waals surface area (Å²) < 4.78 is 0. The van der Waals surface area contributed by atoms with Gasteiger partial charge in [-0.2, -0.15) is 0 Å². The molecule has 1 aliphatic carbocycles. The van der Waals surface area contributed by atoms with Gasteiger partial charge >= 0.3 is 0 Å². The Morgan fingerprint density at radius 2 is 2.35 bits per heavy atom. The number of allylic oxidation sites excluding steroid dienone is 1. The van der Waals surface area contributed by atoms with Crippen LogP contribution in [0.25, 0.3) is 0 Å². The van der Waals surface area contributed by atoms with Gasteiger partial charge in [0.25, 0.3) is 0 Å². The normalized spacial score (nSPS) is 17.6. The van der Waals surface area contributed by atoms with Crippen LogP contribution in [0.15, 0.2) is 36.2 Å². The fourth-order valence-corrected chi connectivity index (χ4v) is 2.41. The Hall–Kier alpha value is -1.19. The van der Waals surface area contributed by atoms with Crippen LogP contribution in [0.1, 0.15) is 37.7 Å². The minimum Gasteiger partial charge on any atom is -0.271 e. The van der Waals surface area contributed by atoms with E-state index in [1.807, 2.05) is 18.5 Å². The average molecular weight is 231 g/mol. The van der Waals surface area contributed by atoms with E-state index >= 15 is 0 Å². The Bertz CT molecular complexity index is 359. The molecule has 3 heteroatoms. The molecule has 0 aliphatic heterocycles. The molecule has 3 N–H and O–H groups in total. The smallest absolute Gasteiger partial charge is 0.0422 e. The summed E-state index contributed by atoms with van der Waals surface area (Å²) in [4.78, 5) is 4.13. The minimum absolute atomic E-state index is 0.329. The van der Waals surface area contributed by atoms with E-state index in [4.69, 9.17) is 5.84 Å². The van der Waals surface area contributed by atoms with Crippen LogP contribution in [0.5, 0.6) is 0 Å². The molecule has 0 saturated heterocycles. The van der Waals surface area contributed by atoms with Crippen molar-refractivity contribution in [2.45, 2.75) is 44.6 Å². The van der Waals surface area contributed by atoms with Crippen LogP contribution in [0, 0.1) is 0 Å². The average Bonchev–Trinajstić information content (AvgIpc) is 2.42. The zero-order valence-corrected chi connectivity index (χ0v) is 10.2. The summed E-state index contributed by atoms with van der Waals surface area (Å²) in [7, 11) is 0. The Balaban J connectivity index is 1.89. The van der Waals surface area contributed by atoms with E-state index in [0.29, 0.717) is 6.04 Å². The fourth-order valence-electron chi connectivity index (χ4n) is 2.41. The molecule has 0 saturated carbocycles. The predicted octanol–water partition coefficient (Wildman–Crippen LogP) is 2.35. The molecule has 1 atom stereocenters. The number of aryl methyl sites for hydroxylation is 1. The van der Waals surface area contributed by atoms with Crippen molar-refractivity contribution in [3.63, 3.8) is 0 Å². The quantitative estimate of drug-likeness (QED) is 0.464. The lowest BCUT2D eigenvalue weighted by molar-refractivity contribution is 0.515. The third-order valence-electron chi connectivity index (χ3n) is 3.42. The van der Waals surface area contributed by atoms with Crippen LogP contribution >= 0.6 is 0 Å². The van der Waals surface area contributed by atoms with Crippen LogP contribution < -0.4 is 11.3 Å². The maximum absolute atomic E-state index is 5.66. The predicted molar refractivity (Wildman–Crippen MR) is 70.2 cm³/mol. The topological polar surface area (TPSA) is 50.9 Å². The summed E-state index contributed by atoms with van der Waals surface area (Å²) in [5.41, 5.74) is 5.72. The molecule has 92 valence electrons. The molecule has 17 heavy (non-hydrogen) atoms. The molecule has 1 unspecified atom stereocenters. The second-order valence-corrected chi connectivity index (χ2v) is 4.64. The lowest BCUT2D eigenvalue weighted by atomic mass is 9.91. The van der Waals surface area contributed by atoms with Crippen molar-refractivity contribution in [1.82, 2.24) is 10.4 Å². The third-order valence-corrected chi connectivity index (χ3v) is 3.42. The Morgan fingerprint density at radius 3 is 3.00 bits per heavy atom. The van der Waals surface area contributed by atoms with Crippen molar-refractivity contribution >= 4 is 0 Å². The largest absolute Gasteiger partial charge is 0.271 e. The number of pyridine rings is 1. The molecule has 0 bridgehead atoms. The first-order chi connectivity index (χ1) is 8.40. The van der Waals surface area contributed by atoms with Crippen LogP contribution in [-0.4, -0.2) is 11.0 Å². The van der Waals surface area contributed by atoms with Gasteiger partial charge in [-0.05, 0) is 50.2 Å². The molecule has 1 aromatic heterocycles. The summed E-state index contributed by atoms with van der Waals surface area (Å²) >= 11 is 0. The molecule has 1 aliphatic rings. The monoisotopic (exact) mass is 231 g/mol. The first-order valence-corrected chi connectivity index (χ1v) is 6.44. The summed E-state index contributed by atoms with van der Waals surface area (Å²) in [6, 6.07) is 4.44. The van der Waals surface area contributed by atoms with Gasteiger partial charge in [-0.3, -0.25) is 16.3 Å². The molecule has 2 rings (SSSR count).